The maximum atomic E-state index is 11.7. The van der Waals surface area contributed by atoms with Crippen LogP contribution in [0.4, 0.5) is 0 Å². The van der Waals surface area contributed by atoms with Crippen molar-refractivity contribution in [3.05, 3.63) is 41.5 Å². The van der Waals surface area contributed by atoms with Gasteiger partial charge in [0.25, 0.3) is 0 Å². The Morgan fingerprint density at radius 3 is 2.83 bits per heavy atom. The normalized spacial score (nSPS) is 10.4. The smallest absolute Gasteiger partial charge is 0.373 e. The first-order chi connectivity index (χ1) is 8.65. The molecule has 0 saturated carbocycles. The van der Waals surface area contributed by atoms with Gasteiger partial charge in [-0.2, -0.15) is 4.89 Å². The summed E-state index contributed by atoms with van der Waals surface area (Å²) in [5.41, 5.74) is 2.37. The van der Waals surface area contributed by atoms with Gasteiger partial charge in [0.2, 0.25) is 0 Å². The molecular formula is C14H19O4. The first-order valence-electron chi connectivity index (χ1n) is 5.99. The van der Waals surface area contributed by atoms with E-state index in [-0.39, 0.29) is 0 Å². The molecule has 0 heterocycles. The highest BCUT2D eigenvalue weighted by Gasteiger charge is 2.11. The van der Waals surface area contributed by atoms with E-state index in [1.54, 1.807) is 6.07 Å². The van der Waals surface area contributed by atoms with Gasteiger partial charge in [0.15, 0.2) is 6.61 Å². The highest BCUT2D eigenvalue weighted by atomic mass is 17.2. The number of carbonyl (C=O) groups is 1. The van der Waals surface area contributed by atoms with Crippen LogP contribution in [-0.2, 0) is 14.5 Å². The van der Waals surface area contributed by atoms with Gasteiger partial charge in [-0.15, -0.1) is 0 Å². The summed E-state index contributed by atoms with van der Waals surface area (Å²) >= 11 is 0. The number of aryl methyl sites for hydroxylation is 2. The zero-order valence-corrected chi connectivity index (χ0v) is 11.1. The number of hydrogen-bond acceptors (Lipinski definition) is 4. The molecule has 0 aliphatic heterocycles. The molecule has 4 heteroatoms. The van der Waals surface area contributed by atoms with Crippen molar-refractivity contribution in [1.82, 2.24) is 0 Å². The van der Waals surface area contributed by atoms with E-state index in [2.05, 4.69) is 4.89 Å². The predicted octanol–water partition coefficient (Wildman–Crippen LogP) is 2.98. The van der Waals surface area contributed by atoms with E-state index in [0.717, 1.165) is 17.5 Å². The average Bonchev–Trinajstić information content (AvgIpc) is 2.36. The number of ether oxygens (including phenoxy) is 1. The number of hydrogen-bond donors (Lipinski definition) is 0. The third-order valence-corrected chi connectivity index (χ3v) is 2.34. The standard InChI is InChI=1S/C14H19O4/c1-4-7-16-8-9-17-18-14(15)13-10-11(2)5-6-12(13)3/h5-6,9-10H,4,7-8H2,1-3H3. The second kappa shape index (κ2) is 7.84. The van der Waals surface area contributed by atoms with E-state index < -0.39 is 5.97 Å². The van der Waals surface area contributed by atoms with Crippen LogP contribution in [-0.4, -0.2) is 19.2 Å². The molecule has 1 aromatic carbocycles. The number of rotatable bonds is 7. The summed E-state index contributed by atoms with van der Waals surface area (Å²) in [5.74, 6) is -0.497. The van der Waals surface area contributed by atoms with E-state index in [4.69, 9.17) is 9.62 Å². The van der Waals surface area contributed by atoms with E-state index in [9.17, 15) is 4.79 Å². The van der Waals surface area contributed by atoms with Crippen molar-refractivity contribution in [3.8, 4) is 0 Å². The molecule has 1 aromatic rings. The van der Waals surface area contributed by atoms with E-state index in [1.165, 1.54) is 6.61 Å². The number of carbonyl (C=O) groups excluding carboxylic acids is 1. The quantitative estimate of drug-likeness (QED) is 0.424. The van der Waals surface area contributed by atoms with Gasteiger partial charge in [-0.25, -0.2) is 4.79 Å². The minimum Gasteiger partial charge on any atom is -0.378 e. The maximum absolute atomic E-state index is 11.7. The predicted molar refractivity (Wildman–Crippen MR) is 67.8 cm³/mol. The molecule has 0 amide bonds. The lowest BCUT2D eigenvalue weighted by Gasteiger charge is -2.06. The van der Waals surface area contributed by atoms with Crippen molar-refractivity contribution in [1.29, 1.82) is 0 Å². The summed E-state index contributed by atoms with van der Waals surface area (Å²) in [6.07, 6.45) is 0.941. The highest BCUT2D eigenvalue weighted by molar-refractivity contribution is 5.90. The van der Waals surface area contributed by atoms with E-state index in [0.29, 0.717) is 18.8 Å². The van der Waals surface area contributed by atoms with Crippen molar-refractivity contribution >= 4 is 5.97 Å². The molecule has 0 aliphatic rings. The first-order valence-corrected chi connectivity index (χ1v) is 5.99. The first kappa shape index (κ1) is 14.7. The number of benzene rings is 1. The second-order valence-electron chi connectivity index (χ2n) is 4.03. The molecule has 1 radical (unpaired) electrons. The molecule has 4 nitrogen and oxygen atoms in total. The van der Waals surface area contributed by atoms with Gasteiger partial charge in [0.1, 0.15) is 0 Å². The minimum absolute atomic E-state index is 0.300. The Hall–Kier alpha value is -1.39. The van der Waals surface area contributed by atoms with Crippen molar-refractivity contribution < 1.29 is 19.3 Å². The summed E-state index contributed by atoms with van der Waals surface area (Å²) in [6.45, 7) is 8.06. The molecule has 0 spiro atoms. The minimum atomic E-state index is -0.497. The molecule has 0 fully saturated rings. The Bertz CT molecular complexity index is 387. The Kier molecular flexibility index (Phi) is 6.39. The summed E-state index contributed by atoms with van der Waals surface area (Å²) in [7, 11) is 0. The summed E-state index contributed by atoms with van der Waals surface area (Å²) in [6, 6.07) is 5.59. The van der Waals surface area contributed by atoms with Crippen LogP contribution in [0.1, 0.15) is 34.8 Å². The molecule has 0 aliphatic carbocycles. The topological polar surface area (TPSA) is 44.8 Å². The summed E-state index contributed by atoms with van der Waals surface area (Å²) < 4.78 is 5.14. The fraction of sp³-hybridized carbons (Fsp3) is 0.429. The lowest BCUT2D eigenvalue weighted by molar-refractivity contribution is -0.218. The van der Waals surface area contributed by atoms with E-state index in [1.807, 2.05) is 32.9 Å². The largest absolute Gasteiger partial charge is 0.378 e. The SMILES string of the molecule is CCCOC[CH]OOC(=O)c1cc(C)ccc1C. The van der Waals surface area contributed by atoms with Crippen LogP contribution in [0.5, 0.6) is 0 Å². The average molecular weight is 251 g/mol. The van der Waals surface area contributed by atoms with Crippen molar-refractivity contribution in [2.45, 2.75) is 27.2 Å². The molecule has 0 atom stereocenters. The summed E-state index contributed by atoms with van der Waals surface area (Å²) in [4.78, 5) is 21.1. The monoisotopic (exact) mass is 251 g/mol. The van der Waals surface area contributed by atoms with Crippen LogP contribution >= 0.6 is 0 Å². The maximum Gasteiger partial charge on any atom is 0.373 e. The molecule has 99 valence electrons. The molecule has 0 saturated heterocycles. The Morgan fingerprint density at radius 1 is 1.33 bits per heavy atom. The van der Waals surface area contributed by atoms with Gasteiger partial charge in [0.05, 0.1) is 12.2 Å². The van der Waals surface area contributed by atoms with Crippen LogP contribution < -0.4 is 0 Å². The van der Waals surface area contributed by atoms with Gasteiger partial charge in [0, 0.05) is 6.61 Å². The Balaban J connectivity index is 2.34. The van der Waals surface area contributed by atoms with E-state index >= 15 is 0 Å². The Morgan fingerprint density at radius 2 is 2.11 bits per heavy atom. The van der Waals surface area contributed by atoms with Crippen molar-refractivity contribution in [2.75, 3.05) is 13.2 Å². The lowest BCUT2D eigenvalue weighted by atomic mass is 10.1. The van der Waals surface area contributed by atoms with Crippen molar-refractivity contribution in [3.63, 3.8) is 0 Å². The van der Waals surface area contributed by atoms with Crippen molar-refractivity contribution in [2.24, 2.45) is 0 Å². The second-order valence-corrected chi connectivity index (χ2v) is 4.03. The van der Waals surface area contributed by atoms with Gasteiger partial charge in [-0.3, -0.25) is 4.89 Å². The zero-order chi connectivity index (χ0) is 13.4. The van der Waals surface area contributed by atoms with Gasteiger partial charge in [-0.1, -0.05) is 24.6 Å². The Labute approximate surface area is 108 Å². The van der Waals surface area contributed by atoms with Gasteiger partial charge >= 0.3 is 5.97 Å². The highest BCUT2D eigenvalue weighted by Crippen LogP contribution is 2.12. The molecular weight excluding hydrogens is 232 g/mol. The fourth-order valence-electron chi connectivity index (χ4n) is 1.38. The van der Waals surface area contributed by atoms with Crippen LogP contribution in [0.25, 0.3) is 0 Å². The zero-order valence-electron chi connectivity index (χ0n) is 11.1. The van der Waals surface area contributed by atoms with Crippen LogP contribution in [0.15, 0.2) is 18.2 Å². The van der Waals surface area contributed by atoms with Gasteiger partial charge < -0.3 is 4.74 Å². The van der Waals surface area contributed by atoms with Crippen LogP contribution in [0.2, 0.25) is 0 Å². The molecule has 1 rings (SSSR count). The third kappa shape index (κ3) is 4.85. The molecule has 0 aromatic heterocycles. The van der Waals surface area contributed by atoms with Crippen LogP contribution in [0.3, 0.4) is 0 Å². The fourth-order valence-corrected chi connectivity index (χ4v) is 1.38. The molecule has 0 N–H and O–H groups in total. The van der Waals surface area contributed by atoms with Gasteiger partial charge in [-0.05, 0) is 31.9 Å². The molecule has 0 bridgehead atoms. The third-order valence-electron chi connectivity index (χ3n) is 2.34. The van der Waals surface area contributed by atoms with Crippen LogP contribution in [0, 0.1) is 20.5 Å². The summed E-state index contributed by atoms with van der Waals surface area (Å²) in [5, 5.41) is 0. The molecule has 18 heavy (non-hydrogen) atoms. The lowest BCUT2D eigenvalue weighted by Crippen LogP contribution is -2.09. The molecule has 0 unspecified atom stereocenters.